The normalized spacial score (nSPS) is 35.5. The second kappa shape index (κ2) is 3.91. The first-order valence-corrected chi connectivity index (χ1v) is 7.07. The molecule has 2 bridgehead atoms. The zero-order chi connectivity index (χ0) is 15.6. The Kier molecular flexibility index (Phi) is 2.96. The average Bonchev–Trinajstić information content (AvgIpc) is 2.58. The van der Waals surface area contributed by atoms with Crippen LogP contribution < -0.4 is 10.9 Å². The van der Waals surface area contributed by atoms with Crippen molar-refractivity contribution in [2.45, 2.75) is 59.9 Å². The minimum Gasteiger partial charge on any atom is -0.290 e. The number of nitrogens with one attached hydrogen (secondary N) is 2. The summed E-state index contributed by atoms with van der Waals surface area (Å²) in [6.45, 7) is 11.3. The predicted octanol–water partition coefficient (Wildman–Crippen LogP) is 1.37. The van der Waals surface area contributed by atoms with Crippen molar-refractivity contribution in [2.24, 2.45) is 16.2 Å². The van der Waals surface area contributed by atoms with Gasteiger partial charge in [-0.05, 0) is 39.0 Å². The Balaban J connectivity index is 2.37. The number of amides is 1. The van der Waals surface area contributed by atoms with Crippen molar-refractivity contribution in [3.05, 3.63) is 0 Å². The van der Waals surface area contributed by atoms with E-state index in [1.54, 1.807) is 0 Å². The summed E-state index contributed by atoms with van der Waals surface area (Å²) in [5, 5.41) is 0. The number of Topliss-reactive ketones (excluding diaryl/α,β-unsaturated/α-hetero) is 2. The Morgan fingerprint density at radius 1 is 1.05 bits per heavy atom. The average molecular weight is 280 g/mol. The van der Waals surface area contributed by atoms with Gasteiger partial charge in [-0.1, -0.05) is 20.8 Å². The summed E-state index contributed by atoms with van der Waals surface area (Å²) in [5.74, 6) is -1.29. The molecule has 2 aliphatic rings. The van der Waals surface area contributed by atoms with Crippen molar-refractivity contribution in [2.75, 3.05) is 0 Å². The number of hydrogen-bond donors (Lipinski definition) is 2. The highest BCUT2D eigenvalue weighted by atomic mass is 16.2. The Morgan fingerprint density at radius 2 is 1.60 bits per heavy atom. The summed E-state index contributed by atoms with van der Waals surface area (Å²) in [7, 11) is 0. The maximum absolute atomic E-state index is 12.6. The molecule has 2 aliphatic carbocycles. The van der Waals surface area contributed by atoms with E-state index in [9.17, 15) is 14.4 Å². The van der Waals surface area contributed by atoms with Gasteiger partial charge in [-0.2, -0.15) is 0 Å². The molecule has 0 aromatic heterocycles. The van der Waals surface area contributed by atoms with E-state index >= 15 is 0 Å². The van der Waals surface area contributed by atoms with Gasteiger partial charge in [-0.25, -0.2) is 5.43 Å². The largest absolute Gasteiger partial charge is 0.290 e. The Bertz CT molecular complexity index is 504. The SMILES string of the molecule is CC(C)(C)NNC(=O)C12CCC(C)(C(=O)C1=O)C2(C)C. The number of ketones is 2. The van der Waals surface area contributed by atoms with Gasteiger partial charge in [-0.3, -0.25) is 19.8 Å². The maximum Gasteiger partial charge on any atom is 0.248 e. The first kappa shape index (κ1) is 15.2. The topological polar surface area (TPSA) is 75.3 Å². The molecular formula is C15H24N2O3. The lowest BCUT2D eigenvalue weighted by atomic mass is 9.64. The molecule has 0 aromatic carbocycles. The summed E-state index contributed by atoms with van der Waals surface area (Å²) >= 11 is 0. The molecule has 112 valence electrons. The fourth-order valence-electron chi connectivity index (χ4n) is 3.62. The second-order valence-corrected chi connectivity index (χ2v) is 7.85. The third-order valence-corrected chi connectivity index (χ3v) is 5.48. The molecule has 2 fully saturated rings. The Hall–Kier alpha value is -1.23. The third kappa shape index (κ3) is 1.56. The highest BCUT2D eigenvalue weighted by Gasteiger charge is 2.77. The van der Waals surface area contributed by atoms with Crippen molar-refractivity contribution in [1.29, 1.82) is 0 Å². The van der Waals surface area contributed by atoms with Gasteiger partial charge in [0.05, 0.1) is 0 Å². The lowest BCUT2D eigenvalue weighted by molar-refractivity contribution is -0.150. The van der Waals surface area contributed by atoms with Gasteiger partial charge in [0, 0.05) is 11.0 Å². The molecule has 2 rings (SSSR count). The van der Waals surface area contributed by atoms with E-state index in [1.165, 1.54) is 0 Å². The van der Waals surface area contributed by atoms with E-state index in [0.717, 1.165) is 0 Å². The number of carbonyl (C=O) groups excluding carboxylic acids is 3. The minimum atomic E-state index is -1.23. The van der Waals surface area contributed by atoms with Crippen LogP contribution in [0, 0.1) is 16.2 Å². The molecule has 2 atom stereocenters. The molecule has 1 amide bonds. The number of rotatable bonds is 2. The van der Waals surface area contributed by atoms with Crippen LogP contribution in [0.5, 0.6) is 0 Å². The second-order valence-electron chi connectivity index (χ2n) is 7.85. The third-order valence-electron chi connectivity index (χ3n) is 5.48. The molecule has 0 spiro atoms. The first-order valence-electron chi connectivity index (χ1n) is 7.07. The van der Waals surface area contributed by atoms with E-state index in [2.05, 4.69) is 10.9 Å². The summed E-state index contributed by atoms with van der Waals surface area (Å²) in [4.78, 5) is 37.3. The van der Waals surface area contributed by atoms with E-state index in [0.29, 0.717) is 12.8 Å². The zero-order valence-corrected chi connectivity index (χ0v) is 13.1. The molecule has 2 saturated carbocycles. The molecule has 0 radical (unpaired) electrons. The predicted molar refractivity (Wildman–Crippen MR) is 74.6 cm³/mol. The standard InChI is InChI=1S/C15H24N2O3/c1-12(2,3)17-16-11(20)15-8-7-14(6,13(15,4)5)9(18)10(15)19/h17H,7-8H2,1-6H3,(H,16,20). The highest BCUT2D eigenvalue weighted by molar-refractivity contribution is 6.48. The molecule has 5 heteroatoms. The molecule has 0 aliphatic heterocycles. The molecule has 0 aromatic rings. The van der Waals surface area contributed by atoms with E-state index < -0.39 is 22.0 Å². The maximum atomic E-state index is 12.6. The van der Waals surface area contributed by atoms with E-state index in [4.69, 9.17) is 0 Å². The van der Waals surface area contributed by atoms with Crippen LogP contribution in [0.25, 0.3) is 0 Å². The van der Waals surface area contributed by atoms with Gasteiger partial charge in [0.25, 0.3) is 0 Å². The summed E-state index contributed by atoms with van der Waals surface area (Å²) < 4.78 is 0. The van der Waals surface area contributed by atoms with Crippen LogP contribution in [-0.4, -0.2) is 23.0 Å². The van der Waals surface area contributed by atoms with Gasteiger partial charge in [0.2, 0.25) is 17.5 Å². The fourth-order valence-corrected chi connectivity index (χ4v) is 3.62. The first-order chi connectivity index (χ1) is 8.90. The quantitative estimate of drug-likeness (QED) is 0.455. The minimum absolute atomic E-state index is 0.302. The molecule has 0 heterocycles. The summed E-state index contributed by atoms with van der Waals surface area (Å²) in [5.41, 5.74) is 2.64. The van der Waals surface area contributed by atoms with Crippen LogP contribution in [0.1, 0.15) is 54.4 Å². The lowest BCUT2D eigenvalue weighted by Gasteiger charge is -2.37. The van der Waals surface area contributed by atoms with Gasteiger partial charge in [0.1, 0.15) is 5.41 Å². The monoisotopic (exact) mass is 280 g/mol. The molecule has 0 saturated heterocycles. The summed E-state index contributed by atoms with van der Waals surface area (Å²) in [6, 6.07) is 0. The van der Waals surface area contributed by atoms with Gasteiger partial charge in [-0.15, -0.1) is 0 Å². The van der Waals surface area contributed by atoms with Crippen LogP contribution in [0.4, 0.5) is 0 Å². The molecular weight excluding hydrogens is 256 g/mol. The number of hydrazine groups is 1. The molecule has 2 N–H and O–H groups in total. The smallest absolute Gasteiger partial charge is 0.248 e. The lowest BCUT2D eigenvalue weighted by Crippen LogP contribution is -2.57. The van der Waals surface area contributed by atoms with Crippen LogP contribution >= 0.6 is 0 Å². The van der Waals surface area contributed by atoms with Crippen molar-refractivity contribution >= 4 is 17.5 Å². The molecule has 2 unspecified atom stereocenters. The zero-order valence-electron chi connectivity index (χ0n) is 13.1. The van der Waals surface area contributed by atoms with Crippen molar-refractivity contribution in [3.8, 4) is 0 Å². The number of carbonyl (C=O) groups is 3. The van der Waals surface area contributed by atoms with Gasteiger partial charge < -0.3 is 0 Å². The number of hydrogen-bond acceptors (Lipinski definition) is 4. The van der Waals surface area contributed by atoms with Crippen LogP contribution in [0.2, 0.25) is 0 Å². The van der Waals surface area contributed by atoms with Crippen molar-refractivity contribution in [1.82, 2.24) is 10.9 Å². The van der Waals surface area contributed by atoms with Gasteiger partial charge >= 0.3 is 0 Å². The Morgan fingerprint density at radius 3 is 2.00 bits per heavy atom. The van der Waals surface area contributed by atoms with Crippen LogP contribution in [-0.2, 0) is 14.4 Å². The van der Waals surface area contributed by atoms with E-state index in [-0.39, 0.29) is 17.2 Å². The van der Waals surface area contributed by atoms with Crippen LogP contribution in [0.3, 0.4) is 0 Å². The fraction of sp³-hybridized carbons (Fsp3) is 0.800. The molecule has 5 nitrogen and oxygen atoms in total. The Labute approximate surface area is 119 Å². The summed E-state index contributed by atoms with van der Waals surface area (Å²) in [6.07, 6.45) is 1.03. The van der Waals surface area contributed by atoms with Crippen molar-refractivity contribution in [3.63, 3.8) is 0 Å². The number of fused-ring (bicyclic) bond motifs is 2. The van der Waals surface area contributed by atoms with Gasteiger partial charge in [0.15, 0.2) is 0 Å². The molecule has 20 heavy (non-hydrogen) atoms. The van der Waals surface area contributed by atoms with Crippen molar-refractivity contribution < 1.29 is 14.4 Å². The highest BCUT2D eigenvalue weighted by Crippen LogP contribution is 2.68. The van der Waals surface area contributed by atoms with E-state index in [1.807, 2.05) is 41.5 Å². The van der Waals surface area contributed by atoms with Crippen LogP contribution in [0.15, 0.2) is 0 Å².